The second-order valence-electron chi connectivity index (χ2n) is 12.2. The zero-order chi connectivity index (χ0) is 33.8. The van der Waals surface area contributed by atoms with Crippen molar-refractivity contribution in [1.29, 1.82) is 0 Å². The fraction of sp³-hybridized carbons (Fsp3) is 0.432. The van der Waals surface area contributed by atoms with E-state index in [1.54, 1.807) is 42.1 Å². The number of nitrogens with zero attached hydrogens (tertiary/aromatic N) is 1. The molecule has 0 saturated heterocycles. The molecule has 3 aromatic rings. The highest BCUT2D eigenvalue weighted by atomic mass is 32.2. The quantitative estimate of drug-likeness (QED) is 0.132. The highest BCUT2D eigenvalue weighted by molar-refractivity contribution is 7.99. The number of carboxylic acids is 1. The van der Waals surface area contributed by atoms with Crippen molar-refractivity contribution in [1.82, 2.24) is 10.6 Å². The molecule has 2 amide bonds. The molecule has 0 aliphatic carbocycles. The van der Waals surface area contributed by atoms with E-state index >= 15 is 0 Å². The predicted octanol–water partition coefficient (Wildman–Crippen LogP) is 7.84. The molecule has 0 spiro atoms. The fourth-order valence-corrected chi connectivity index (χ4v) is 7.74. The molecule has 0 radical (unpaired) electrons. The molecule has 0 aromatic heterocycles. The summed E-state index contributed by atoms with van der Waals surface area (Å²) in [5, 5.41) is 14.5. The zero-order valence-corrected chi connectivity index (χ0v) is 29.4. The Kier molecular flexibility index (Phi) is 13.5. The molecule has 1 aliphatic heterocycles. The number of benzene rings is 3. The van der Waals surface area contributed by atoms with Crippen molar-refractivity contribution in [2.24, 2.45) is 5.41 Å². The first-order chi connectivity index (χ1) is 22.7. The maximum Gasteiger partial charge on any atom is 0.325 e. The van der Waals surface area contributed by atoms with Crippen LogP contribution in [0, 0.1) is 5.41 Å². The number of carbonyl (C=O) groups excluding carboxylic acids is 2. The Morgan fingerprint density at radius 1 is 0.979 bits per heavy atom. The molecule has 0 fully saturated rings. The topological polar surface area (TPSA) is 108 Å². The van der Waals surface area contributed by atoms with E-state index in [1.807, 2.05) is 24.1 Å². The number of thioether (sulfide) groups is 2. The number of hydrogen-bond acceptors (Lipinski definition) is 7. The second kappa shape index (κ2) is 17.5. The number of aliphatic carboxylic acids is 1. The lowest BCUT2D eigenvalue weighted by Gasteiger charge is -2.37. The van der Waals surface area contributed by atoms with Gasteiger partial charge in [-0.3, -0.25) is 14.4 Å². The molecule has 10 heteroatoms. The van der Waals surface area contributed by atoms with Gasteiger partial charge in [-0.15, -0.1) is 23.5 Å². The van der Waals surface area contributed by atoms with Crippen molar-refractivity contribution >= 4 is 52.7 Å². The summed E-state index contributed by atoms with van der Waals surface area (Å²) in [7, 11) is 0. The van der Waals surface area contributed by atoms with E-state index in [4.69, 9.17) is 4.74 Å². The van der Waals surface area contributed by atoms with Crippen LogP contribution in [0.5, 0.6) is 5.75 Å². The van der Waals surface area contributed by atoms with Crippen molar-refractivity contribution in [3.63, 3.8) is 0 Å². The molecule has 47 heavy (non-hydrogen) atoms. The second-order valence-corrected chi connectivity index (χ2v) is 14.0. The van der Waals surface area contributed by atoms with Gasteiger partial charge in [0.05, 0.1) is 10.6 Å². The maximum atomic E-state index is 13.2. The summed E-state index contributed by atoms with van der Waals surface area (Å²) >= 11 is 3.44. The van der Waals surface area contributed by atoms with Gasteiger partial charge < -0.3 is 25.4 Å². The van der Waals surface area contributed by atoms with Gasteiger partial charge in [0.2, 0.25) is 5.91 Å². The molecular weight excluding hydrogens is 631 g/mol. The van der Waals surface area contributed by atoms with E-state index in [2.05, 4.69) is 65.8 Å². The van der Waals surface area contributed by atoms with Crippen molar-refractivity contribution < 1.29 is 24.2 Å². The molecule has 0 saturated carbocycles. The molecule has 4 rings (SSSR count). The van der Waals surface area contributed by atoms with Crippen LogP contribution >= 0.6 is 23.5 Å². The molecule has 252 valence electrons. The van der Waals surface area contributed by atoms with Gasteiger partial charge in [-0.2, -0.15) is 0 Å². The third kappa shape index (κ3) is 9.70. The number of carboxylic acid groups (broad SMARTS) is 1. The van der Waals surface area contributed by atoms with Gasteiger partial charge >= 0.3 is 5.97 Å². The van der Waals surface area contributed by atoms with Gasteiger partial charge in [-0.1, -0.05) is 88.1 Å². The average Bonchev–Trinajstić information content (AvgIpc) is 3.25. The third-order valence-electron chi connectivity index (χ3n) is 8.54. The molecule has 3 aromatic carbocycles. The number of anilines is 2. The number of ether oxygens (including phenoxy) is 1. The third-order valence-corrected chi connectivity index (χ3v) is 10.7. The Labute approximate surface area is 287 Å². The van der Waals surface area contributed by atoms with Crippen molar-refractivity contribution in [2.75, 3.05) is 30.1 Å². The van der Waals surface area contributed by atoms with Crippen molar-refractivity contribution in [2.45, 2.75) is 81.2 Å². The number of unbranched alkanes of at least 4 members (excludes halogenated alkanes) is 2. The number of rotatable bonds is 16. The van der Waals surface area contributed by atoms with E-state index < -0.39 is 29.9 Å². The first-order valence-corrected chi connectivity index (χ1v) is 18.6. The van der Waals surface area contributed by atoms with Crippen LogP contribution in [0.4, 0.5) is 11.4 Å². The Bertz CT molecular complexity index is 1480. The largest absolute Gasteiger partial charge is 0.483 e. The van der Waals surface area contributed by atoms with Crippen LogP contribution in [0.25, 0.3) is 0 Å². The predicted molar refractivity (Wildman–Crippen MR) is 192 cm³/mol. The number of hydrogen-bond donors (Lipinski definition) is 3. The number of carbonyl (C=O) groups is 3. The summed E-state index contributed by atoms with van der Waals surface area (Å²) in [5.41, 5.74) is 3.01. The minimum Gasteiger partial charge on any atom is -0.483 e. The number of nitrogens with one attached hydrogen (secondary N) is 2. The van der Waals surface area contributed by atoms with Crippen LogP contribution in [0.15, 0.2) is 82.6 Å². The maximum absolute atomic E-state index is 13.2. The average molecular weight is 678 g/mol. The first-order valence-electron chi connectivity index (χ1n) is 16.4. The molecule has 8 nitrogen and oxygen atoms in total. The minimum absolute atomic E-state index is 0.164. The van der Waals surface area contributed by atoms with Crippen LogP contribution < -0.4 is 20.3 Å². The van der Waals surface area contributed by atoms with E-state index in [-0.39, 0.29) is 12.0 Å². The van der Waals surface area contributed by atoms with Gasteiger partial charge in [0.15, 0.2) is 6.61 Å². The Morgan fingerprint density at radius 3 is 2.21 bits per heavy atom. The van der Waals surface area contributed by atoms with Gasteiger partial charge in [-0.05, 0) is 61.3 Å². The van der Waals surface area contributed by atoms with E-state index in [9.17, 15) is 19.5 Å². The van der Waals surface area contributed by atoms with Gasteiger partial charge in [0.1, 0.15) is 17.8 Å². The highest BCUT2D eigenvalue weighted by Gasteiger charge is 2.36. The summed E-state index contributed by atoms with van der Waals surface area (Å²) < 4.78 is 6.16. The normalized spacial score (nSPS) is 15.1. The minimum atomic E-state index is -1.16. The Balaban J connectivity index is 1.60. The van der Waals surface area contributed by atoms with Crippen LogP contribution in [0.1, 0.15) is 70.9 Å². The van der Waals surface area contributed by atoms with Crippen molar-refractivity contribution in [3.8, 4) is 5.75 Å². The van der Waals surface area contributed by atoms with Crippen LogP contribution in [-0.2, 0) is 14.4 Å². The summed E-state index contributed by atoms with van der Waals surface area (Å²) in [5.74, 6) is -0.645. The molecular formula is C37H47N3O5S2. The van der Waals surface area contributed by atoms with Gasteiger partial charge in [0, 0.05) is 22.9 Å². The summed E-state index contributed by atoms with van der Waals surface area (Å²) in [6.45, 7) is 6.54. The molecule has 0 bridgehead atoms. The molecule has 2 unspecified atom stereocenters. The molecule has 1 heterocycles. The number of para-hydroxylation sites is 1. The van der Waals surface area contributed by atoms with E-state index in [1.165, 1.54) is 45.4 Å². The van der Waals surface area contributed by atoms with E-state index in [0.29, 0.717) is 11.3 Å². The van der Waals surface area contributed by atoms with Crippen LogP contribution in [0.2, 0.25) is 0 Å². The van der Waals surface area contributed by atoms with Gasteiger partial charge in [0.25, 0.3) is 5.91 Å². The first kappa shape index (κ1) is 36.2. The molecule has 3 N–H and O–H groups in total. The zero-order valence-electron chi connectivity index (χ0n) is 27.8. The number of fused-ring (bicyclic) bond motifs is 1. The highest BCUT2D eigenvalue weighted by Crippen LogP contribution is 2.50. The lowest BCUT2D eigenvalue weighted by Crippen LogP contribution is -2.46. The summed E-state index contributed by atoms with van der Waals surface area (Å²) in [4.78, 5) is 42.2. The van der Waals surface area contributed by atoms with Gasteiger partial charge in [-0.25, -0.2) is 0 Å². The lowest BCUT2D eigenvalue weighted by molar-refractivity contribution is -0.141. The smallest absolute Gasteiger partial charge is 0.325 e. The Morgan fingerprint density at radius 2 is 1.62 bits per heavy atom. The Hall–Kier alpha value is -3.63. The summed E-state index contributed by atoms with van der Waals surface area (Å²) in [6, 6.07) is 21.4. The van der Waals surface area contributed by atoms with Crippen LogP contribution in [-0.4, -0.2) is 54.1 Å². The van der Waals surface area contributed by atoms with Crippen LogP contribution in [0.3, 0.4) is 0 Å². The molecule has 1 aliphatic rings. The lowest BCUT2D eigenvalue weighted by atomic mass is 9.79. The number of amides is 2. The van der Waals surface area contributed by atoms with Crippen molar-refractivity contribution in [3.05, 3.63) is 78.4 Å². The van der Waals surface area contributed by atoms with E-state index in [0.717, 1.165) is 33.5 Å². The summed E-state index contributed by atoms with van der Waals surface area (Å²) in [6.07, 6.45) is 9.07. The monoisotopic (exact) mass is 677 g/mol. The molecule has 2 atom stereocenters. The standard InChI is InChI=1S/C37H47N3O5S2/c1-5-7-19-37(20-8-6-2)24-40(28-17-13-10-14-18-28)29-21-32(46-4)30(22-31(29)47-25-37)45-23-33(41)39-34(27-15-11-9-12-16-27)35(42)38-26(3)36(43)44/h9-18,21-22,26,34H,5-8,19-20,23-25H2,1-4H3,(H,38,42)(H,39,41)(H,43,44). The SMILES string of the molecule is CCCCC1(CCCC)CSc2cc(OCC(=O)NC(C(=O)NC(C)C(=O)O)c3ccccc3)c(SC)cc2N(c2ccccc2)C1. The fourth-order valence-electron chi connectivity index (χ4n) is 5.85.